The van der Waals surface area contributed by atoms with Crippen LogP contribution in [0.2, 0.25) is 0 Å². The van der Waals surface area contributed by atoms with Gasteiger partial charge in [-0.15, -0.1) is 4.98 Å². The standard InChI is InChI=1S/C38H38N10O2/c1-4-10-32(13-8-9-18-40-37-42-23-30(20-39)36(46-37)28-14-16-34-33(19-28)45-26(2)50-34)48(38(49)43-21-27-11-6-5-7-12-27)35-17-15-29(22-41-35)31-24-44-47(3)25-31/h5-7,11-12,14-17,19,22-25H,4,8-10,13,18,21H2,1-3H3,(H-,40,42,43,46,49)/p+1/b48-32+. The lowest BCUT2D eigenvalue weighted by atomic mass is 10.1. The molecule has 50 heavy (non-hydrogen) atoms. The van der Waals surface area contributed by atoms with E-state index < -0.39 is 0 Å². The predicted molar refractivity (Wildman–Crippen MR) is 192 cm³/mol. The van der Waals surface area contributed by atoms with Crippen LogP contribution in [-0.2, 0) is 13.6 Å². The smallest absolute Gasteiger partial charge is 0.441 e. The van der Waals surface area contributed by atoms with Crippen LogP contribution in [0.4, 0.5) is 16.6 Å². The molecule has 0 saturated heterocycles. The third-order valence-electron chi connectivity index (χ3n) is 8.21. The normalized spacial score (nSPS) is 11.6. The quantitative estimate of drug-likeness (QED) is 0.0732. The zero-order valence-corrected chi connectivity index (χ0v) is 28.4. The van der Waals surface area contributed by atoms with Crippen molar-refractivity contribution in [2.45, 2.75) is 52.5 Å². The van der Waals surface area contributed by atoms with E-state index in [0.717, 1.165) is 53.6 Å². The van der Waals surface area contributed by atoms with Crippen molar-refractivity contribution < 1.29 is 13.8 Å². The van der Waals surface area contributed by atoms with Crippen molar-refractivity contribution >= 4 is 34.6 Å². The number of oxazole rings is 1. The average molecular weight is 668 g/mol. The van der Waals surface area contributed by atoms with Crippen LogP contribution in [0.15, 0.2) is 89.9 Å². The van der Waals surface area contributed by atoms with Crippen molar-refractivity contribution in [3.63, 3.8) is 0 Å². The summed E-state index contributed by atoms with van der Waals surface area (Å²) in [6.07, 6.45) is 11.0. The molecule has 6 aromatic rings. The Hall–Kier alpha value is -6.22. The summed E-state index contributed by atoms with van der Waals surface area (Å²) < 4.78 is 9.08. The van der Waals surface area contributed by atoms with Gasteiger partial charge in [0.15, 0.2) is 11.5 Å². The number of rotatable bonds is 13. The SMILES string of the molecule is CCC/C(CCCCNc1ncc(C#N)c(-c2ccc3oc(C)nc3c2)n1)=[N+](\C(=O)NCc1ccccc1)c1ccc(-c2cnn(C)c2)cn1. The fourth-order valence-corrected chi connectivity index (χ4v) is 5.77. The maximum Gasteiger partial charge on any atom is 0.441 e. The number of pyridine rings is 1. The first-order chi connectivity index (χ1) is 24.4. The molecule has 0 aliphatic heterocycles. The number of hydrogen-bond acceptors (Lipinski definition) is 9. The summed E-state index contributed by atoms with van der Waals surface area (Å²) in [4.78, 5) is 32.0. The number of urea groups is 1. The van der Waals surface area contributed by atoms with Crippen molar-refractivity contribution in [3.05, 3.63) is 102 Å². The first-order valence-corrected chi connectivity index (χ1v) is 16.7. The number of benzene rings is 2. The molecular formula is C38H39N10O2+. The van der Waals surface area contributed by atoms with Gasteiger partial charge in [0.2, 0.25) is 5.95 Å². The monoisotopic (exact) mass is 667 g/mol. The zero-order chi connectivity index (χ0) is 34.9. The van der Waals surface area contributed by atoms with Crippen LogP contribution in [0.1, 0.15) is 56.0 Å². The summed E-state index contributed by atoms with van der Waals surface area (Å²) in [6.45, 7) is 4.94. The highest BCUT2D eigenvalue weighted by atomic mass is 16.3. The van der Waals surface area contributed by atoms with Crippen molar-refractivity contribution in [2.75, 3.05) is 11.9 Å². The van der Waals surface area contributed by atoms with Crippen LogP contribution in [0.3, 0.4) is 0 Å². The molecule has 0 aliphatic carbocycles. The van der Waals surface area contributed by atoms with Crippen LogP contribution in [0, 0.1) is 18.3 Å². The molecule has 2 aromatic carbocycles. The number of unbranched alkanes of at least 4 members (excludes halogenated alkanes) is 1. The van der Waals surface area contributed by atoms with E-state index in [2.05, 4.69) is 43.7 Å². The first kappa shape index (κ1) is 33.7. The highest BCUT2D eigenvalue weighted by Crippen LogP contribution is 2.27. The van der Waals surface area contributed by atoms with E-state index >= 15 is 0 Å². The first-order valence-electron chi connectivity index (χ1n) is 16.7. The molecule has 0 radical (unpaired) electrons. The number of anilines is 1. The van der Waals surface area contributed by atoms with Gasteiger partial charge in [-0.05, 0) is 61.9 Å². The maximum absolute atomic E-state index is 13.8. The van der Waals surface area contributed by atoms with Crippen molar-refractivity contribution in [2.24, 2.45) is 7.05 Å². The topological polar surface area (TPSA) is 150 Å². The Morgan fingerprint density at radius 2 is 1.80 bits per heavy atom. The summed E-state index contributed by atoms with van der Waals surface area (Å²) in [5.74, 6) is 1.59. The number of amides is 2. The van der Waals surface area contributed by atoms with Gasteiger partial charge in [-0.25, -0.2) is 19.7 Å². The van der Waals surface area contributed by atoms with Gasteiger partial charge in [0.25, 0.3) is 5.82 Å². The summed E-state index contributed by atoms with van der Waals surface area (Å²) >= 11 is 0. The van der Waals surface area contributed by atoms with Gasteiger partial charge in [0.05, 0.1) is 35.9 Å². The minimum absolute atomic E-state index is 0.213. The summed E-state index contributed by atoms with van der Waals surface area (Å²) in [6, 6.07) is 21.3. The maximum atomic E-state index is 13.8. The van der Waals surface area contributed by atoms with Gasteiger partial charge < -0.3 is 9.73 Å². The van der Waals surface area contributed by atoms with E-state index in [1.807, 2.05) is 73.9 Å². The minimum atomic E-state index is -0.213. The van der Waals surface area contributed by atoms with Crippen molar-refractivity contribution in [1.82, 2.24) is 35.0 Å². The summed E-state index contributed by atoms with van der Waals surface area (Å²) in [5.41, 5.74) is 6.96. The molecule has 12 heteroatoms. The van der Waals surface area contributed by atoms with Crippen LogP contribution >= 0.6 is 0 Å². The number of aromatic nitrogens is 6. The Labute approximate surface area is 290 Å². The molecule has 0 bridgehead atoms. The number of hydrogen-bond donors (Lipinski definition) is 2. The summed E-state index contributed by atoms with van der Waals surface area (Å²) in [5, 5.41) is 20.4. The minimum Gasteiger partial charge on any atom is -0.441 e. The highest BCUT2D eigenvalue weighted by molar-refractivity contribution is 5.87. The van der Waals surface area contributed by atoms with E-state index in [9.17, 15) is 10.1 Å². The molecule has 0 saturated carbocycles. The Kier molecular flexibility index (Phi) is 10.6. The molecule has 0 atom stereocenters. The molecule has 2 amide bonds. The molecule has 0 unspecified atom stereocenters. The van der Waals surface area contributed by atoms with Crippen LogP contribution in [-0.4, -0.2) is 52.6 Å². The fraction of sp³-hybridized carbons (Fsp3) is 0.263. The Balaban J connectivity index is 1.16. The van der Waals surface area contributed by atoms with Crippen LogP contribution < -0.4 is 10.6 Å². The predicted octanol–water partition coefficient (Wildman–Crippen LogP) is 7.34. The molecule has 12 nitrogen and oxygen atoms in total. The molecule has 4 heterocycles. The molecule has 0 fully saturated rings. The molecule has 4 aromatic heterocycles. The lowest BCUT2D eigenvalue weighted by Gasteiger charge is -2.13. The van der Waals surface area contributed by atoms with Gasteiger partial charge >= 0.3 is 6.03 Å². The largest absolute Gasteiger partial charge is 0.441 e. The number of nitriles is 1. The second-order valence-corrected chi connectivity index (χ2v) is 12.0. The molecule has 0 spiro atoms. The summed E-state index contributed by atoms with van der Waals surface area (Å²) in [7, 11) is 1.88. The Morgan fingerprint density at radius 1 is 0.960 bits per heavy atom. The van der Waals surface area contributed by atoms with Crippen molar-refractivity contribution in [1.29, 1.82) is 5.26 Å². The van der Waals surface area contributed by atoms with E-state index in [1.165, 1.54) is 6.20 Å². The zero-order valence-electron chi connectivity index (χ0n) is 28.4. The second kappa shape index (κ2) is 15.8. The van der Waals surface area contributed by atoms with Crippen LogP contribution in [0.25, 0.3) is 33.5 Å². The third kappa shape index (κ3) is 8.07. The third-order valence-corrected chi connectivity index (χ3v) is 8.21. The molecule has 6 rings (SSSR count). The number of nitrogens with zero attached hydrogens (tertiary/aromatic N) is 8. The van der Waals surface area contributed by atoms with Crippen LogP contribution in [0.5, 0.6) is 0 Å². The van der Waals surface area contributed by atoms with Gasteiger partial charge in [0, 0.05) is 49.5 Å². The van der Waals surface area contributed by atoms with Gasteiger partial charge in [0.1, 0.15) is 17.8 Å². The van der Waals surface area contributed by atoms with E-state index in [0.29, 0.717) is 59.5 Å². The number of carbonyl (C=O) groups is 1. The van der Waals surface area contributed by atoms with E-state index in [-0.39, 0.29) is 6.03 Å². The second-order valence-electron chi connectivity index (χ2n) is 12.0. The Morgan fingerprint density at radius 3 is 2.54 bits per heavy atom. The lowest BCUT2D eigenvalue weighted by Crippen LogP contribution is -2.34. The van der Waals surface area contributed by atoms with Gasteiger partial charge in [-0.1, -0.05) is 37.3 Å². The molecular weight excluding hydrogens is 628 g/mol. The van der Waals surface area contributed by atoms with Crippen molar-refractivity contribution in [3.8, 4) is 28.5 Å². The number of nitrogens with one attached hydrogen (secondary N) is 2. The van der Waals surface area contributed by atoms with E-state index in [1.54, 1.807) is 28.6 Å². The number of carbonyl (C=O) groups excluding carboxylic acids is 1. The number of fused-ring (bicyclic) bond motifs is 1. The highest BCUT2D eigenvalue weighted by Gasteiger charge is 2.23. The van der Waals surface area contributed by atoms with Gasteiger partial charge in [-0.3, -0.25) is 10.00 Å². The number of aryl methyl sites for hydroxylation is 2. The molecule has 0 aliphatic rings. The Bertz CT molecular complexity index is 2160. The fourth-order valence-electron chi connectivity index (χ4n) is 5.77. The lowest BCUT2D eigenvalue weighted by molar-refractivity contribution is -0.342. The van der Waals surface area contributed by atoms with Gasteiger partial charge in [-0.2, -0.15) is 14.9 Å². The molecule has 2 N–H and O–H groups in total. The van der Waals surface area contributed by atoms with E-state index in [4.69, 9.17) is 9.40 Å². The molecule has 252 valence electrons. The average Bonchev–Trinajstić information content (AvgIpc) is 3.75.